The minimum absolute atomic E-state index is 0.247. The van der Waals surface area contributed by atoms with Gasteiger partial charge in [0.2, 0.25) is 0 Å². The van der Waals surface area contributed by atoms with Crippen LogP contribution in [0.3, 0.4) is 0 Å². The van der Waals surface area contributed by atoms with Crippen molar-refractivity contribution in [1.29, 1.82) is 0 Å². The maximum absolute atomic E-state index is 9.32. The van der Waals surface area contributed by atoms with Crippen molar-refractivity contribution in [2.24, 2.45) is 0 Å². The van der Waals surface area contributed by atoms with E-state index in [1.54, 1.807) is 0 Å². The first kappa shape index (κ1) is 16.5. The molecule has 0 aliphatic heterocycles. The van der Waals surface area contributed by atoms with E-state index in [2.05, 4.69) is 58.3 Å². The number of hydrogen-bond donors (Lipinski definition) is 2. The number of hydrogen-bond acceptors (Lipinski definition) is 3. The van der Waals surface area contributed by atoms with Crippen LogP contribution in [0.25, 0.3) is 0 Å². The number of nitrogens with zero attached hydrogens (tertiary/aromatic N) is 1. The van der Waals surface area contributed by atoms with Crippen LogP contribution in [-0.2, 0) is 6.54 Å². The van der Waals surface area contributed by atoms with Crippen LogP contribution in [0.4, 0.5) is 5.69 Å². The highest BCUT2D eigenvalue weighted by Crippen LogP contribution is 2.23. The minimum atomic E-state index is -0.247. The van der Waals surface area contributed by atoms with E-state index in [0.29, 0.717) is 0 Å². The number of aliphatic hydroxyl groups excluding tert-OH is 1. The fourth-order valence-corrected chi connectivity index (χ4v) is 2.33. The molecule has 1 unspecified atom stereocenters. The molecule has 0 aromatic heterocycles. The van der Waals surface area contributed by atoms with Crippen LogP contribution >= 0.6 is 15.9 Å². The first-order valence-corrected chi connectivity index (χ1v) is 7.72. The molecule has 1 aromatic carbocycles. The van der Waals surface area contributed by atoms with Gasteiger partial charge < -0.3 is 15.3 Å². The van der Waals surface area contributed by atoms with Gasteiger partial charge in [-0.15, -0.1) is 0 Å². The number of rotatable bonds is 8. The Balaban J connectivity index is 2.59. The molecule has 0 bridgehead atoms. The number of anilines is 1. The van der Waals surface area contributed by atoms with E-state index in [1.807, 2.05) is 6.92 Å². The van der Waals surface area contributed by atoms with Gasteiger partial charge >= 0.3 is 0 Å². The zero-order valence-electron chi connectivity index (χ0n) is 12.1. The molecular weight excluding hydrogens is 304 g/mol. The lowest BCUT2D eigenvalue weighted by molar-refractivity contribution is 0.187. The van der Waals surface area contributed by atoms with E-state index in [-0.39, 0.29) is 6.10 Å². The molecule has 1 aromatic rings. The summed E-state index contributed by atoms with van der Waals surface area (Å²) in [5.74, 6) is 0. The lowest BCUT2D eigenvalue weighted by atomic mass is 10.2. The Morgan fingerprint density at radius 3 is 2.74 bits per heavy atom. The molecule has 0 aliphatic rings. The number of nitrogens with one attached hydrogen (secondary N) is 1. The fraction of sp³-hybridized carbons (Fsp3) is 0.600. The largest absolute Gasteiger partial charge is 0.393 e. The normalized spacial score (nSPS) is 12.5. The molecule has 0 fully saturated rings. The molecule has 3 nitrogen and oxygen atoms in total. The van der Waals surface area contributed by atoms with Crippen LogP contribution in [-0.4, -0.2) is 31.3 Å². The summed E-state index contributed by atoms with van der Waals surface area (Å²) in [4.78, 5) is 2.17. The average molecular weight is 329 g/mol. The zero-order chi connectivity index (χ0) is 14.3. The van der Waals surface area contributed by atoms with Crippen molar-refractivity contribution >= 4 is 21.6 Å². The monoisotopic (exact) mass is 328 g/mol. The molecule has 0 amide bonds. The Kier molecular flexibility index (Phi) is 7.42. The highest BCUT2D eigenvalue weighted by molar-refractivity contribution is 9.10. The maximum atomic E-state index is 9.32. The van der Waals surface area contributed by atoms with Crippen LogP contribution in [0.1, 0.15) is 32.3 Å². The summed E-state index contributed by atoms with van der Waals surface area (Å²) in [6.45, 7) is 6.79. The third-order valence-corrected chi connectivity index (χ3v) is 3.84. The van der Waals surface area contributed by atoms with Crippen molar-refractivity contribution in [2.45, 2.75) is 39.3 Å². The smallest absolute Gasteiger partial charge is 0.0528 e. The quantitative estimate of drug-likeness (QED) is 0.719. The molecule has 1 atom stereocenters. The average Bonchev–Trinajstić information content (AvgIpc) is 2.38. The summed E-state index contributed by atoms with van der Waals surface area (Å²) >= 11 is 3.63. The predicted molar refractivity (Wildman–Crippen MR) is 85.7 cm³/mol. The molecule has 0 heterocycles. The molecule has 1 rings (SSSR count). The van der Waals surface area contributed by atoms with Crippen molar-refractivity contribution in [3.05, 3.63) is 28.2 Å². The van der Waals surface area contributed by atoms with Crippen molar-refractivity contribution < 1.29 is 5.11 Å². The van der Waals surface area contributed by atoms with Gasteiger partial charge in [0.05, 0.1) is 6.10 Å². The van der Waals surface area contributed by atoms with Gasteiger partial charge in [-0.2, -0.15) is 0 Å². The van der Waals surface area contributed by atoms with Gasteiger partial charge in [0, 0.05) is 30.3 Å². The van der Waals surface area contributed by atoms with E-state index in [0.717, 1.165) is 36.9 Å². The van der Waals surface area contributed by atoms with Crippen LogP contribution in [0.5, 0.6) is 0 Å². The molecule has 19 heavy (non-hydrogen) atoms. The van der Waals surface area contributed by atoms with E-state index in [1.165, 1.54) is 11.3 Å². The second-order valence-electron chi connectivity index (χ2n) is 5.01. The summed E-state index contributed by atoms with van der Waals surface area (Å²) in [6.07, 6.45) is 1.69. The fourth-order valence-electron chi connectivity index (χ4n) is 1.83. The molecule has 4 heteroatoms. The van der Waals surface area contributed by atoms with E-state index in [4.69, 9.17) is 0 Å². The molecule has 0 saturated carbocycles. The minimum Gasteiger partial charge on any atom is -0.393 e. The molecule has 2 N–H and O–H groups in total. The van der Waals surface area contributed by atoms with E-state index >= 15 is 0 Å². The standard InChI is InChI=1S/C15H25BrN2O/c1-4-8-17-11-13-5-6-14(10-15(13)16)18(3)9-7-12(2)19/h5-6,10,12,17,19H,4,7-9,11H2,1-3H3. The van der Waals surface area contributed by atoms with Crippen molar-refractivity contribution in [3.8, 4) is 0 Å². The number of aliphatic hydroxyl groups is 1. The summed E-state index contributed by atoms with van der Waals surface area (Å²) in [5, 5.41) is 12.7. The van der Waals surface area contributed by atoms with Crippen LogP contribution in [0.2, 0.25) is 0 Å². The van der Waals surface area contributed by atoms with Crippen LogP contribution in [0.15, 0.2) is 22.7 Å². The lowest BCUT2D eigenvalue weighted by Crippen LogP contribution is -2.22. The third-order valence-electron chi connectivity index (χ3n) is 3.10. The van der Waals surface area contributed by atoms with Gasteiger partial charge in [0.1, 0.15) is 0 Å². The second-order valence-corrected chi connectivity index (χ2v) is 5.87. The summed E-state index contributed by atoms with van der Waals surface area (Å²) < 4.78 is 1.14. The Morgan fingerprint density at radius 2 is 2.16 bits per heavy atom. The summed E-state index contributed by atoms with van der Waals surface area (Å²) in [7, 11) is 2.05. The van der Waals surface area contributed by atoms with Gasteiger partial charge in [0.25, 0.3) is 0 Å². The Bertz CT molecular complexity index is 382. The third kappa shape index (κ3) is 5.93. The van der Waals surface area contributed by atoms with Crippen molar-refractivity contribution in [1.82, 2.24) is 5.32 Å². The second kappa shape index (κ2) is 8.56. The maximum Gasteiger partial charge on any atom is 0.0528 e. The van der Waals surface area contributed by atoms with E-state index in [9.17, 15) is 5.11 Å². The van der Waals surface area contributed by atoms with Gasteiger partial charge in [-0.05, 0) is 44.0 Å². The SMILES string of the molecule is CCCNCc1ccc(N(C)CCC(C)O)cc1Br. The van der Waals surface area contributed by atoms with Gasteiger partial charge in [-0.3, -0.25) is 0 Å². The highest BCUT2D eigenvalue weighted by atomic mass is 79.9. The molecule has 0 radical (unpaired) electrons. The first-order valence-electron chi connectivity index (χ1n) is 6.93. The van der Waals surface area contributed by atoms with E-state index < -0.39 is 0 Å². The lowest BCUT2D eigenvalue weighted by Gasteiger charge is -2.21. The predicted octanol–water partition coefficient (Wildman–Crippen LogP) is 3.16. The van der Waals surface area contributed by atoms with Crippen LogP contribution in [0, 0.1) is 0 Å². The summed E-state index contributed by atoms with van der Waals surface area (Å²) in [5.41, 5.74) is 2.45. The Hall–Kier alpha value is -0.580. The molecular formula is C15H25BrN2O. The molecule has 0 spiro atoms. The summed E-state index contributed by atoms with van der Waals surface area (Å²) in [6, 6.07) is 6.43. The first-order chi connectivity index (χ1) is 9.04. The van der Waals surface area contributed by atoms with Crippen molar-refractivity contribution in [2.75, 3.05) is 25.0 Å². The molecule has 0 aliphatic carbocycles. The van der Waals surface area contributed by atoms with Gasteiger partial charge in [-0.1, -0.05) is 28.9 Å². The zero-order valence-corrected chi connectivity index (χ0v) is 13.7. The highest BCUT2D eigenvalue weighted by Gasteiger charge is 2.06. The molecule has 0 saturated heterocycles. The molecule has 108 valence electrons. The van der Waals surface area contributed by atoms with Crippen LogP contribution < -0.4 is 10.2 Å². The van der Waals surface area contributed by atoms with Gasteiger partial charge in [0.15, 0.2) is 0 Å². The van der Waals surface area contributed by atoms with Gasteiger partial charge in [-0.25, -0.2) is 0 Å². The number of halogens is 1. The van der Waals surface area contributed by atoms with Crippen molar-refractivity contribution in [3.63, 3.8) is 0 Å². The Morgan fingerprint density at radius 1 is 1.42 bits per heavy atom. The Labute approximate surface area is 125 Å². The topological polar surface area (TPSA) is 35.5 Å². The number of benzene rings is 1.